The van der Waals surface area contributed by atoms with Crippen LogP contribution in [0.15, 0.2) is 78.7 Å². The van der Waals surface area contributed by atoms with Crippen LogP contribution in [0.3, 0.4) is 0 Å². The molecular weight excluding hydrogens is 428 g/mol. The van der Waals surface area contributed by atoms with Gasteiger partial charge in [-0.15, -0.1) is 0 Å². The molecule has 34 heavy (non-hydrogen) atoms. The highest BCUT2D eigenvalue weighted by atomic mass is 16.5. The van der Waals surface area contributed by atoms with Crippen molar-refractivity contribution in [2.75, 3.05) is 32.7 Å². The van der Waals surface area contributed by atoms with Gasteiger partial charge in [0, 0.05) is 29.9 Å². The fraction of sp³-hybridized carbons (Fsp3) is 0.250. The van der Waals surface area contributed by atoms with Crippen molar-refractivity contribution in [1.82, 2.24) is 4.98 Å². The summed E-state index contributed by atoms with van der Waals surface area (Å²) in [6.07, 6.45) is 11.5. The summed E-state index contributed by atoms with van der Waals surface area (Å²) < 4.78 is 22.9. The van der Waals surface area contributed by atoms with Gasteiger partial charge in [-0.25, -0.2) is 0 Å². The Morgan fingerprint density at radius 1 is 0.941 bits per heavy atom. The first-order chi connectivity index (χ1) is 16.6. The van der Waals surface area contributed by atoms with Crippen molar-refractivity contribution in [2.45, 2.75) is 20.8 Å². The third kappa shape index (κ3) is 6.32. The lowest BCUT2D eigenvalue weighted by Gasteiger charge is -2.15. The second-order valence-corrected chi connectivity index (χ2v) is 7.49. The normalized spacial score (nSPS) is 11.9. The van der Waals surface area contributed by atoms with E-state index in [0.29, 0.717) is 30.4 Å². The number of aromatic nitrogens is 1. The largest absolute Gasteiger partial charge is 0.493 e. The quantitative estimate of drug-likeness (QED) is 0.192. The van der Waals surface area contributed by atoms with E-state index in [0.717, 1.165) is 33.7 Å². The summed E-state index contributed by atoms with van der Waals surface area (Å²) in [5, 5.41) is 4.25. The van der Waals surface area contributed by atoms with Crippen LogP contribution in [0.1, 0.15) is 19.4 Å². The molecule has 2 aromatic carbocycles. The lowest BCUT2D eigenvalue weighted by atomic mass is 10.1. The number of allylic oxidation sites excluding steroid dienone is 5. The number of nitrogens with zero attached hydrogens (tertiary/aromatic N) is 1. The number of rotatable bonds is 11. The molecule has 0 radical (unpaired) electrons. The van der Waals surface area contributed by atoms with Crippen LogP contribution in [0.5, 0.6) is 23.0 Å². The molecular formula is C28H32N2O4. The van der Waals surface area contributed by atoms with Crippen LogP contribution in [0.25, 0.3) is 10.9 Å². The number of aryl methyl sites for hydroxylation is 1. The average molecular weight is 461 g/mol. The molecule has 6 nitrogen and oxygen atoms in total. The predicted molar refractivity (Wildman–Crippen MR) is 138 cm³/mol. The molecule has 0 atom stereocenters. The summed E-state index contributed by atoms with van der Waals surface area (Å²) in [5.41, 5.74) is 2.79. The van der Waals surface area contributed by atoms with E-state index in [-0.39, 0.29) is 0 Å². The molecule has 0 aliphatic heterocycles. The van der Waals surface area contributed by atoms with E-state index in [9.17, 15) is 0 Å². The topological polar surface area (TPSA) is 61.8 Å². The minimum atomic E-state index is 0.555. The van der Waals surface area contributed by atoms with Crippen molar-refractivity contribution in [3.63, 3.8) is 0 Å². The minimum Gasteiger partial charge on any atom is -0.493 e. The summed E-state index contributed by atoms with van der Waals surface area (Å²) in [4.78, 5) is 4.44. The molecule has 0 aliphatic rings. The van der Waals surface area contributed by atoms with Crippen molar-refractivity contribution in [1.29, 1.82) is 0 Å². The number of methoxy groups -OCH3 is 2. The fourth-order valence-corrected chi connectivity index (χ4v) is 3.40. The zero-order valence-electron chi connectivity index (χ0n) is 20.4. The van der Waals surface area contributed by atoms with E-state index in [1.165, 1.54) is 0 Å². The molecule has 0 spiro atoms. The van der Waals surface area contributed by atoms with Crippen LogP contribution in [-0.4, -0.2) is 32.4 Å². The van der Waals surface area contributed by atoms with Gasteiger partial charge in [0.2, 0.25) is 0 Å². The second kappa shape index (κ2) is 12.3. The summed E-state index contributed by atoms with van der Waals surface area (Å²) in [7, 11) is 3.22. The van der Waals surface area contributed by atoms with E-state index < -0.39 is 0 Å². The Balaban J connectivity index is 1.68. The van der Waals surface area contributed by atoms with E-state index in [1.807, 2.05) is 81.5 Å². The molecule has 178 valence electrons. The lowest BCUT2D eigenvalue weighted by Crippen LogP contribution is -2.09. The molecule has 3 aromatic rings. The summed E-state index contributed by atoms with van der Waals surface area (Å²) >= 11 is 0. The molecule has 0 fully saturated rings. The monoisotopic (exact) mass is 460 g/mol. The first-order valence-corrected chi connectivity index (χ1v) is 11.2. The molecule has 1 heterocycles. The molecule has 1 aromatic heterocycles. The van der Waals surface area contributed by atoms with Crippen LogP contribution < -0.4 is 19.5 Å². The van der Waals surface area contributed by atoms with Gasteiger partial charge in [0.25, 0.3) is 0 Å². The predicted octanol–water partition coefficient (Wildman–Crippen LogP) is 6.82. The third-order valence-corrected chi connectivity index (χ3v) is 5.09. The van der Waals surface area contributed by atoms with Gasteiger partial charge in [0.05, 0.1) is 19.7 Å². The number of fused-ring (bicyclic) bond motifs is 1. The smallest absolute Gasteiger partial charge is 0.162 e. The maximum atomic E-state index is 6.26. The van der Waals surface area contributed by atoms with E-state index in [1.54, 1.807) is 20.4 Å². The van der Waals surface area contributed by atoms with Crippen LogP contribution in [0, 0.1) is 6.92 Å². The van der Waals surface area contributed by atoms with Gasteiger partial charge < -0.3 is 24.3 Å². The van der Waals surface area contributed by atoms with Gasteiger partial charge in [-0.3, -0.25) is 4.98 Å². The molecule has 0 bridgehead atoms. The molecule has 3 rings (SSSR count). The number of hydrogen-bond donors (Lipinski definition) is 1. The Morgan fingerprint density at radius 3 is 2.44 bits per heavy atom. The van der Waals surface area contributed by atoms with Crippen LogP contribution in [0.2, 0.25) is 0 Å². The van der Waals surface area contributed by atoms with Gasteiger partial charge in [-0.2, -0.15) is 0 Å². The Labute approximate surface area is 201 Å². The Hall–Kier alpha value is -3.93. The molecule has 6 heteroatoms. The Morgan fingerprint density at radius 2 is 1.74 bits per heavy atom. The van der Waals surface area contributed by atoms with Crippen molar-refractivity contribution < 1.29 is 18.9 Å². The number of benzene rings is 2. The maximum Gasteiger partial charge on any atom is 0.162 e. The van der Waals surface area contributed by atoms with E-state index in [4.69, 9.17) is 18.9 Å². The first-order valence-electron chi connectivity index (χ1n) is 11.2. The van der Waals surface area contributed by atoms with Crippen molar-refractivity contribution in [3.05, 3.63) is 84.3 Å². The molecule has 0 amide bonds. The van der Waals surface area contributed by atoms with Crippen LogP contribution in [-0.2, 0) is 4.74 Å². The Kier molecular flexibility index (Phi) is 8.97. The highest BCUT2D eigenvalue weighted by molar-refractivity contribution is 5.88. The minimum absolute atomic E-state index is 0.555. The van der Waals surface area contributed by atoms with Gasteiger partial charge in [0.15, 0.2) is 11.5 Å². The van der Waals surface area contributed by atoms with Crippen molar-refractivity contribution in [2.24, 2.45) is 0 Å². The molecule has 1 N–H and O–H groups in total. The lowest BCUT2D eigenvalue weighted by molar-refractivity contribution is 0.237. The van der Waals surface area contributed by atoms with E-state index >= 15 is 0 Å². The van der Waals surface area contributed by atoms with Gasteiger partial charge in [0.1, 0.15) is 23.9 Å². The number of anilines is 1. The SMILES string of the molecule is C\C=C/C=C(\C=C/C)OCCNc1ccc(Oc2ccnc3cc(OC)c(OC)cc23)c(C)c1. The zero-order valence-corrected chi connectivity index (χ0v) is 20.4. The second-order valence-electron chi connectivity index (χ2n) is 7.49. The fourth-order valence-electron chi connectivity index (χ4n) is 3.40. The van der Waals surface area contributed by atoms with Gasteiger partial charge >= 0.3 is 0 Å². The molecule has 0 aliphatic carbocycles. The zero-order chi connectivity index (χ0) is 24.3. The molecule has 0 unspecified atom stereocenters. The highest BCUT2D eigenvalue weighted by Crippen LogP contribution is 2.37. The van der Waals surface area contributed by atoms with Crippen molar-refractivity contribution >= 4 is 16.6 Å². The van der Waals surface area contributed by atoms with Gasteiger partial charge in [-0.1, -0.05) is 18.2 Å². The number of pyridine rings is 1. The summed E-state index contributed by atoms with van der Waals surface area (Å²) in [6.45, 7) is 7.21. The maximum absolute atomic E-state index is 6.26. The third-order valence-electron chi connectivity index (χ3n) is 5.09. The van der Waals surface area contributed by atoms with Crippen molar-refractivity contribution in [3.8, 4) is 23.0 Å². The number of hydrogen-bond acceptors (Lipinski definition) is 6. The summed E-state index contributed by atoms with van der Waals surface area (Å²) in [6, 6.07) is 11.6. The van der Waals surface area contributed by atoms with Gasteiger partial charge in [-0.05, 0) is 68.8 Å². The summed E-state index contributed by atoms with van der Waals surface area (Å²) in [5.74, 6) is 3.57. The van der Waals surface area contributed by atoms with Crippen LogP contribution in [0.4, 0.5) is 5.69 Å². The number of ether oxygens (including phenoxy) is 4. The first kappa shape index (κ1) is 24.7. The number of nitrogens with one attached hydrogen (secondary N) is 1. The molecule has 0 saturated carbocycles. The Bertz CT molecular complexity index is 1200. The van der Waals surface area contributed by atoms with E-state index in [2.05, 4.69) is 16.4 Å². The highest BCUT2D eigenvalue weighted by Gasteiger charge is 2.12. The standard InChI is InChI=1S/C28H32N2O4/c1-6-8-10-22(9-7-2)33-16-15-29-21-11-12-25(20(3)17-21)34-26-13-14-30-24-19-28(32-5)27(31-4)18-23(24)26/h6-14,17-19,29H,15-16H2,1-5H3/b8-6-,9-7-,22-10+. The molecule has 0 saturated heterocycles. The average Bonchev–Trinajstić information content (AvgIpc) is 2.85. The van der Waals surface area contributed by atoms with Crippen LogP contribution >= 0.6 is 0 Å².